The Hall–Kier alpha value is -3.28. The molecule has 0 bridgehead atoms. The third-order valence-electron chi connectivity index (χ3n) is 5.81. The van der Waals surface area contributed by atoms with Gasteiger partial charge in [-0.15, -0.1) is 0 Å². The number of carboxylic acids is 1. The van der Waals surface area contributed by atoms with E-state index in [1.54, 1.807) is 13.2 Å². The number of methoxy groups -OCH3 is 1. The van der Waals surface area contributed by atoms with Gasteiger partial charge in [0.25, 0.3) is 0 Å². The van der Waals surface area contributed by atoms with Crippen molar-refractivity contribution >= 4 is 16.9 Å². The van der Waals surface area contributed by atoms with Crippen LogP contribution in [0.25, 0.3) is 11.0 Å². The molecule has 4 rings (SSSR count). The second kappa shape index (κ2) is 8.46. The highest BCUT2D eigenvalue weighted by molar-refractivity contribution is 5.92. The molecule has 3 aromatic rings. The molecule has 0 spiro atoms. The van der Waals surface area contributed by atoms with Crippen molar-refractivity contribution in [1.29, 1.82) is 0 Å². The molecule has 2 aromatic carbocycles. The Bertz CT molecular complexity index is 1190. The maximum atomic E-state index is 13.3. The van der Waals surface area contributed by atoms with Crippen molar-refractivity contribution in [2.24, 2.45) is 0 Å². The lowest BCUT2D eigenvalue weighted by Gasteiger charge is -2.14. The molecule has 1 saturated carbocycles. The van der Waals surface area contributed by atoms with Crippen LogP contribution < -0.4 is 14.9 Å². The highest BCUT2D eigenvalue weighted by Crippen LogP contribution is 2.58. The summed E-state index contributed by atoms with van der Waals surface area (Å²) < 4.78 is 17.6. The van der Waals surface area contributed by atoms with Crippen LogP contribution in [-0.2, 0) is 6.42 Å². The predicted molar refractivity (Wildman–Crippen MR) is 118 cm³/mol. The van der Waals surface area contributed by atoms with Crippen molar-refractivity contribution in [2.45, 2.75) is 44.9 Å². The molecule has 0 amide bonds. The Kier molecular flexibility index (Phi) is 5.72. The molecule has 1 aliphatic carbocycles. The van der Waals surface area contributed by atoms with Crippen molar-refractivity contribution in [3.05, 3.63) is 69.1 Å². The van der Waals surface area contributed by atoms with Crippen LogP contribution in [0.5, 0.6) is 11.5 Å². The third kappa shape index (κ3) is 3.78. The van der Waals surface area contributed by atoms with Crippen molar-refractivity contribution in [1.82, 2.24) is 0 Å². The maximum absolute atomic E-state index is 13.3. The van der Waals surface area contributed by atoms with E-state index in [2.05, 4.69) is 0 Å². The fourth-order valence-electron chi connectivity index (χ4n) is 4.28. The van der Waals surface area contributed by atoms with E-state index in [1.807, 2.05) is 32.0 Å². The van der Waals surface area contributed by atoms with E-state index >= 15 is 0 Å². The number of hydrogen-bond donors (Lipinski definition) is 1. The van der Waals surface area contributed by atoms with Crippen molar-refractivity contribution in [3.63, 3.8) is 0 Å². The Morgan fingerprint density at radius 3 is 2.68 bits per heavy atom. The van der Waals surface area contributed by atoms with Gasteiger partial charge in [0.2, 0.25) is 0 Å². The van der Waals surface area contributed by atoms with E-state index in [1.165, 1.54) is 12.1 Å². The van der Waals surface area contributed by atoms with E-state index in [4.69, 9.17) is 13.9 Å². The summed E-state index contributed by atoms with van der Waals surface area (Å²) in [6.45, 7) is 4.48. The molecule has 6 nitrogen and oxygen atoms in total. The summed E-state index contributed by atoms with van der Waals surface area (Å²) in [5, 5.41) is 9.60. The van der Waals surface area contributed by atoms with Crippen molar-refractivity contribution < 1.29 is 23.8 Å². The second-order valence-corrected chi connectivity index (χ2v) is 7.80. The molecule has 0 aliphatic heterocycles. The van der Waals surface area contributed by atoms with E-state index < -0.39 is 5.97 Å². The maximum Gasteiger partial charge on any atom is 0.335 e. The molecule has 1 fully saturated rings. The van der Waals surface area contributed by atoms with Gasteiger partial charge in [-0.3, -0.25) is 4.79 Å². The topological polar surface area (TPSA) is 86.0 Å². The summed E-state index contributed by atoms with van der Waals surface area (Å²) in [5.74, 6) is 1.32. The molecule has 0 saturated heterocycles. The van der Waals surface area contributed by atoms with E-state index in [-0.39, 0.29) is 22.8 Å². The lowest BCUT2D eigenvalue weighted by atomic mass is 10.00. The van der Waals surface area contributed by atoms with Crippen LogP contribution in [0.15, 0.2) is 45.6 Å². The number of ether oxygens (including phenoxy) is 2. The highest BCUT2D eigenvalue weighted by atomic mass is 16.5. The number of rotatable bonds is 8. The zero-order chi connectivity index (χ0) is 22.1. The minimum Gasteiger partial charge on any atom is -0.493 e. The molecule has 31 heavy (non-hydrogen) atoms. The predicted octanol–water partition coefficient (Wildman–Crippen LogP) is 5.12. The minimum atomic E-state index is -1.06. The second-order valence-electron chi connectivity index (χ2n) is 7.80. The van der Waals surface area contributed by atoms with Gasteiger partial charge >= 0.3 is 5.97 Å². The summed E-state index contributed by atoms with van der Waals surface area (Å²) in [6, 6.07) is 10.3. The molecule has 1 aromatic heterocycles. The normalized spacial score (nSPS) is 17.5. The van der Waals surface area contributed by atoms with Gasteiger partial charge < -0.3 is 19.0 Å². The summed E-state index contributed by atoms with van der Waals surface area (Å²) >= 11 is 0. The summed E-state index contributed by atoms with van der Waals surface area (Å²) in [7, 11) is 1.62. The first-order valence-electron chi connectivity index (χ1n) is 10.6. The molecule has 162 valence electrons. The average Bonchev–Trinajstić information content (AvgIpc) is 3.56. The number of fused-ring (bicyclic) bond motifs is 1. The van der Waals surface area contributed by atoms with E-state index in [0.29, 0.717) is 41.1 Å². The number of aromatic carboxylic acids is 1. The molecular formula is C25H26O6. The minimum absolute atomic E-state index is 0.0733. The van der Waals surface area contributed by atoms with Crippen LogP contribution in [0.1, 0.15) is 65.8 Å². The third-order valence-corrected chi connectivity index (χ3v) is 5.81. The molecule has 0 radical (unpaired) electrons. The summed E-state index contributed by atoms with van der Waals surface area (Å²) in [6.07, 6.45) is 2.23. The first kappa shape index (κ1) is 21.0. The van der Waals surface area contributed by atoms with Crippen LogP contribution in [0.4, 0.5) is 0 Å². The van der Waals surface area contributed by atoms with Crippen molar-refractivity contribution in [2.75, 3.05) is 13.7 Å². The summed E-state index contributed by atoms with van der Waals surface area (Å²) in [4.78, 5) is 24.6. The Balaban J connectivity index is 1.79. The zero-order valence-electron chi connectivity index (χ0n) is 17.9. The van der Waals surface area contributed by atoms with Crippen LogP contribution in [-0.4, -0.2) is 24.8 Å². The lowest BCUT2D eigenvalue weighted by molar-refractivity contribution is 0.0697. The molecule has 2 atom stereocenters. The van der Waals surface area contributed by atoms with E-state index in [0.717, 1.165) is 24.2 Å². The van der Waals surface area contributed by atoms with Crippen LogP contribution in [0, 0.1) is 0 Å². The highest BCUT2D eigenvalue weighted by Gasteiger charge is 2.45. The van der Waals surface area contributed by atoms with Crippen LogP contribution in [0.3, 0.4) is 0 Å². The Morgan fingerprint density at radius 1 is 1.19 bits per heavy atom. The number of hydrogen-bond acceptors (Lipinski definition) is 5. The van der Waals surface area contributed by atoms with E-state index in [9.17, 15) is 14.7 Å². The van der Waals surface area contributed by atoms with Gasteiger partial charge in [0.05, 0.1) is 24.7 Å². The molecular weight excluding hydrogens is 396 g/mol. The van der Waals surface area contributed by atoms with Crippen molar-refractivity contribution in [3.8, 4) is 11.5 Å². The molecule has 2 unspecified atom stereocenters. The number of para-hydroxylation sites is 1. The molecule has 1 aliphatic rings. The SMILES string of the molecule is CCCc1c(C2CC2c2cccc(OC)c2OCC)oc2ccc(C(=O)O)cc2c1=O. The first-order chi connectivity index (χ1) is 15.0. The fourth-order valence-corrected chi connectivity index (χ4v) is 4.28. The number of carboxylic acid groups (broad SMARTS) is 1. The average molecular weight is 422 g/mol. The van der Waals surface area contributed by atoms with Crippen LogP contribution in [0.2, 0.25) is 0 Å². The quantitative estimate of drug-likeness (QED) is 0.542. The Morgan fingerprint density at radius 2 is 2.00 bits per heavy atom. The van der Waals surface area contributed by atoms with Crippen LogP contribution >= 0.6 is 0 Å². The zero-order valence-corrected chi connectivity index (χ0v) is 17.9. The standard InChI is InChI=1S/C25H26O6/c1-4-7-16-22(26)19-12-14(25(27)28)10-11-20(19)31-23(16)18-13-17(18)15-8-6-9-21(29-3)24(15)30-5-2/h6,8-12,17-18H,4-5,7,13H2,1-3H3,(H,27,28). The first-order valence-corrected chi connectivity index (χ1v) is 10.6. The monoisotopic (exact) mass is 422 g/mol. The van der Waals surface area contributed by atoms with Gasteiger partial charge in [0.15, 0.2) is 16.9 Å². The summed E-state index contributed by atoms with van der Waals surface area (Å²) in [5.41, 5.74) is 2.06. The van der Waals surface area contributed by atoms with Gasteiger partial charge in [0.1, 0.15) is 11.3 Å². The molecule has 1 N–H and O–H groups in total. The van der Waals surface area contributed by atoms with Gasteiger partial charge in [-0.1, -0.05) is 25.5 Å². The number of carbonyl (C=O) groups is 1. The molecule has 1 heterocycles. The lowest BCUT2D eigenvalue weighted by Crippen LogP contribution is -2.13. The number of benzene rings is 2. The Labute approximate surface area is 180 Å². The van der Waals surface area contributed by atoms with Gasteiger partial charge in [0, 0.05) is 17.0 Å². The van der Waals surface area contributed by atoms with Gasteiger partial charge in [-0.25, -0.2) is 4.79 Å². The van der Waals surface area contributed by atoms with Gasteiger partial charge in [-0.05, 0) is 49.9 Å². The molecule has 6 heteroatoms. The largest absolute Gasteiger partial charge is 0.493 e. The fraction of sp³-hybridized carbons (Fsp3) is 0.360. The van der Waals surface area contributed by atoms with Gasteiger partial charge in [-0.2, -0.15) is 0 Å². The smallest absolute Gasteiger partial charge is 0.335 e.